The van der Waals surface area contributed by atoms with Crippen LogP contribution in [0.15, 0.2) is 122 Å². The third-order valence-electron chi connectivity index (χ3n) is 5.27. The van der Waals surface area contributed by atoms with Crippen molar-refractivity contribution in [3.8, 4) is 28.7 Å². The zero-order valence-electron chi connectivity index (χ0n) is 22.2. The normalized spacial score (nSPS) is 11.2. The molecule has 0 N–H and O–H groups in total. The number of pyridine rings is 4. The molecule has 5 aromatic rings. The van der Waals surface area contributed by atoms with Crippen LogP contribution >= 0.6 is 17.2 Å². The van der Waals surface area contributed by atoms with Crippen LogP contribution in [0.1, 0.15) is 0 Å². The number of hydrogen-bond acceptors (Lipinski definition) is 10. The van der Waals surface area contributed by atoms with E-state index in [1.807, 2.05) is 37.4 Å². The van der Waals surface area contributed by atoms with Gasteiger partial charge in [-0.3, -0.25) is 19.9 Å². The molecule has 41 heavy (non-hydrogen) atoms. The van der Waals surface area contributed by atoms with Crippen LogP contribution in [0, 0.1) is 0 Å². The minimum atomic E-state index is -2.76. The van der Waals surface area contributed by atoms with E-state index in [4.69, 9.17) is 26.8 Å². The highest BCUT2D eigenvalue weighted by Crippen LogP contribution is 2.45. The SMILES string of the molecule is C[Si](C)(OP(Oc1cccnc1)Oc1cccnc1)c1ccccc1OP(Oc1cccnc1)Oc1cccnc1. The summed E-state index contributed by atoms with van der Waals surface area (Å²) in [6, 6.07) is 21.9. The van der Waals surface area contributed by atoms with Gasteiger partial charge in [0.25, 0.3) is 0 Å². The molecule has 1 aromatic carbocycles. The van der Waals surface area contributed by atoms with Crippen molar-refractivity contribution < 1.29 is 26.8 Å². The number of rotatable bonds is 13. The Balaban J connectivity index is 1.40. The second kappa shape index (κ2) is 14.0. The fraction of sp³-hybridized carbons (Fsp3) is 0.0714. The van der Waals surface area contributed by atoms with Crippen molar-refractivity contribution in [2.24, 2.45) is 0 Å². The highest BCUT2D eigenvalue weighted by Gasteiger charge is 2.37. The van der Waals surface area contributed by atoms with Gasteiger partial charge in [0.1, 0.15) is 28.7 Å². The quantitative estimate of drug-likeness (QED) is 0.105. The Morgan fingerprint density at radius 2 is 0.902 bits per heavy atom. The third-order valence-corrected chi connectivity index (χ3v) is 11.2. The predicted molar refractivity (Wildman–Crippen MR) is 159 cm³/mol. The maximum absolute atomic E-state index is 6.62. The van der Waals surface area contributed by atoms with Crippen molar-refractivity contribution in [3.05, 3.63) is 122 Å². The Morgan fingerprint density at radius 3 is 1.32 bits per heavy atom. The standard InChI is InChI=1S/C28H26N4O6P2Si/c1-41(2,38-40(35-25-11-7-17-31-21-25)36-26-12-8-18-32-22-26)28-14-4-3-13-27(28)37-39(33-23-9-5-15-29-19-23)34-24-10-6-16-30-20-24/h3-22H,1-2H3. The first-order chi connectivity index (χ1) is 20.0. The fourth-order valence-electron chi connectivity index (χ4n) is 3.42. The van der Waals surface area contributed by atoms with Crippen molar-refractivity contribution in [2.45, 2.75) is 13.1 Å². The molecule has 4 heterocycles. The van der Waals surface area contributed by atoms with Gasteiger partial charge in [0, 0.05) is 30.0 Å². The van der Waals surface area contributed by atoms with E-state index in [1.54, 1.807) is 98.1 Å². The lowest BCUT2D eigenvalue weighted by atomic mass is 10.3. The molecular formula is C28H26N4O6P2Si. The molecule has 0 saturated carbocycles. The molecule has 0 saturated heterocycles. The average Bonchev–Trinajstić information content (AvgIpc) is 2.99. The van der Waals surface area contributed by atoms with E-state index < -0.39 is 25.5 Å². The van der Waals surface area contributed by atoms with Crippen molar-refractivity contribution in [1.29, 1.82) is 0 Å². The van der Waals surface area contributed by atoms with Gasteiger partial charge in [-0.2, -0.15) is 0 Å². The Labute approximate surface area is 241 Å². The van der Waals surface area contributed by atoms with Gasteiger partial charge in [0.15, 0.2) is 0 Å². The molecule has 0 aliphatic carbocycles. The van der Waals surface area contributed by atoms with Crippen LogP contribution in [0.25, 0.3) is 0 Å². The number of para-hydroxylation sites is 1. The zero-order chi connectivity index (χ0) is 28.3. The molecule has 0 aliphatic heterocycles. The lowest BCUT2D eigenvalue weighted by Gasteiger charge is -2.29. The van der Waals surface area contributed by atoms with Crippen molar-refractivity contribution in [2.75, 3.05) is 0 Å². The van der Waals surface area contributed by atoms with Gasteiger partial charge >= 0.3 is 17.2 Å². The minimum absolute atomic E-state index is 0.506. The van der Waals surface area contributed by atoms with Gasteiger partial charge in [0.05, 0.1) is 24.8 Å². The van der Waals surface area contributed by atoms with E-state index in [2.05, 4.69) is 19.9 Å². The molecule has 10 nitrogen and oxygen atoms in total. The van der Waals surface area contributed by atoms with Gasteiger partial charge in [-0.05, 0) is 67.7 Å². The first-order valence-corrected chi connectivity index (χ1v) is 17.5. The van der Waals surface area contributed by atoms with Gasteiger partial charge in [-0.1, -0.05) is 18.2 Å². The van der Waals surface area contributed by atoms with E-state index in [-0.39, 0.29) is 0 Å². The average molecular weight is 605 g/mol. The van der Waals surface area contributed by atoms with E-state index >= 15 is 0 Å². The van der Waals surface area contributed by atoms with Crippen molar-refractivity contribution in [3.63, 3.8) is 0 Å². The topological polar surface area (TPSA) is 107 Å². The Kier molecular flexibility index (Phi) is 9.67. The highest BCUT2D eigenvalue weighted by atomic mass is 31.2. The van der Waals surface area contributed by atoms with E-state index in [0.717, 1.165) is 5.19 Å². The number of nitrogens with zero attached hydrogens (tertiary/aromatic N) is 4. The molecular weight excluding hydrogens is 578 g/mol. The fourth-order valence-corrected chi connectivity index (χ4v) is 8.50. The zero-order valence-corrected chi connectivity index (χ0v) is 25.0. The molecule has 5 rings (SSSR count). The molecule has 0 amide bonds. The van der Waals surface area contributed by atoms with Gasteiger partial charge < -0.3 is 26.8 Å². The Bertz CT molecular complexity index is 1410. The van der Waals surface area contributed by atoms with E-state index in [9.17, 15) is 0 Å². The summed E-state index contributed by atoms with van der Waals surface area (Å²) in [5.74, 6) is 2.61. The first-order valence-electron chi connectivity index (χ1n) is 12.4. The van der Waals surface area contributed by atoms with Gasteiger partial charge in [0.2, 0.25) is 8.32 Å². The summed E-state index contributed by atoms with van der Waals surface area (Å²) in [6.45, 7) is 4.08. The van der Waals surface area contributed by atoms with Crippen LogP contribution in [-0.4, -0.2) is 28.3 Å². The summed E-state index contributed by atoms with van der Waals surface area (Å²) in [5, 5.41) is 0.856. The van der Waals surface area contributed by atoms with Crippen LogP contribution in [0.4, 0.5) is 0 Å². The molecule has 0 spiro atoms. The molecule has 208 valence electrons. The highest BCUT2D eigenvalue weighted by molar-refractivity contribution is 7.45. The Morgan fingerprint density at radius 1 is 0.488 bits per heavy atom. The summed E-state index contributed by atoms with van der Waals surface area (Å²) < 4.78 is 37.4. The predicted octanol–water partition coefficient (Wildman–Crippen LogP) is 6.84. The van der Waals surface area contributed by atoms with Gasteiger partial charge in [-0.15, -0.1) is 0 Å². The summed E-state index contributed by atoms with van der Waals surface area (Å²) in [7, 11) is -6.58. The van der Waals surface area contributed by atoms with E-state index in [0.29, 0.717) is 28.7 Å². The maximum atomic E-state index is 6.62. The van der Waals surface area contributed by atoms with E-state index in [1.165, 1.54) is 0 Å². The second-order valence-electron chi connectivity index (χ2n) is 8.76. The van der Waals surface area contributed by atoms with Crippen LogP contribution in [-0.2, 0) is 4.21 Å². The number of benzene rings is 1. The van der Waals surface area contributed by atoms with Crippen LogP contribution < -0.4 is 27.8 Å². The molecule has 0 fully saturated rings. The molecule has 4 aromatic heterocycles. The molecule has 0 bridgehead atoms. The van der Waals surface area contributed by atoms with Crippen LogP contribution in [0.2, 0.25) is 13.1 Å². The third kappa shape index (κ3) is 8.42. The smallest absolute Gasteiger partial charge is 0.417 e. The number of hydrogen-bond donors (Lipinski definition) is 0. The number of aromatic nitrogens is 4. The maximum Gasteiger partial charge on any atom is 0.530 e. The molecule has 0 aliphatic rings. The van der Waals surface area contributed by atoms with Crippen molar-refractivity contribution in [1.82, 2.24) is 19.9 Å². The Hall–Kier alpha value is -4.14. The summed E-state index contributed by atoms with van der Waals surface area (Å²) in [6.07, 6.45) is 13.1. The van der Waals surface area contributed by atoms with Crippen molar-refractivity contribution >= 4 is 30.7 Å². The second-order valence-corrected chi connectivity index (χ2v) is 14.9. The first kappa shape index (κ1) is 28.4. The lowest BCUT2D eigenvalue weighted by molar-refractivity contribution is 0.383. The minimum Gasteiger partial charge on any atom is -0.417 e. The monoisotopic (exact) mass is 604 g/mol. The summed E-state index contributed by atoms with van der Waals surface area (Å²) >= 11 is 0. The van der Waals surface area contributed by atoms with Crippen LogP contribution in [0.3, 0.4) is 0 Å². The molecule has 0 radical (unpaired) electrons. The molecule has 13 heteroatoms. The van der Waals surface area contributed by atoms with Gasteiger partial charge in [-0.25, -0.2) is 0 Å². The largest absolute Gasteiger partial charge is 0.530 e. The van der Waals surface area contributed by atoms with Crippen LogP contribution in [0.5, 0.6) is 28.7 Å². The summed E-state index contributed by atoms with van der Waals surface area (Å²) in [4.78, 5) is 16.5. The molecule has 0 atom stereocenters. The molecule has 0 unspecified atom stereocenters. The summed E-state index contributed by atoms with van der Waals surface area (Å²) in [5.41, 5.74) is 0. The lowest BCUT2D eigenvalue weighted by Crippen LogP contribution is -2.44.